The number of rotatable bonds is 10. The van der Waals surface area contributed by atoms with E-state index in [1.54, 1.807) is 9.80 Å². The normalized spacial score (nSPS) is 31.3. The number of benzene rings is 1. The highest BCUT2D eigenvalue weighted by atomic mass is 16.5. The van der Waals surface area contributed by atoms with Crippen LogP contribution in [0.3, 0.4) is 0 Å². The van der Waals surface area contributed by atoms with Gasteiger partial charge in [-0.15, -0.1) is 0 Å². The lowest BCUT2D eigenvalue weighted by atomic mass is 9.77. The standard InChI is InChI=1S/C32H42N4O6/c37-21-7-2-1-6-15-36-28-31(40)34(18-17-33-19-22-41-23-20-33)14-9-13-32(28)27(30(36)39)26-25(42-32)12-8-16-35(29(26)38)24-10-4-3-5-11-24/h3-5,8-13,25-28,37H,1-2,6-7,14-23H2/t25-,26+,27-,28?,32-/m0/s1. The summed E-state index contributed by atoms with van der Waals surface area (Å²) in [5.41, 5.74) is -0.430. The minimum absolute atomic E-state index is 0.118. The molecule has 5 atom stereocenters. The summed E-state index contributed by atoms with van der Waals surface area (Å²) in [4.78, 5) is 50.5. The highest BCUT2D eigenvalue weighted by Crippen LogP contribution is 2.53. The van der Waals surface area contributed by atoms with E-state index in [1.165, 1.54) is 0 Å². The number of anilines is 1. The lowest BCUT2D eigenvalue weighted by molar-refractivity contribution is -0.147. The van der Waals surface area contributed by atoms with Crippen LogP contribution in [0.5, 0.6) is 0 Å². The molecule has 0 aromatic heterocycles. The van der Waals surface area contributed by atoms with E-state index >= 15 is 0 Å². The van der Waals surface area contributed by atoms with E-state index in [0.717, 1.165) is 38.2 Å². The lowest BCUT2D eigenvalue weighted by Gasteiger charge is -2.36. The molecule has 10 heteroatoms. The van der Waals surface area contributed by atoms with Crippen molar-refractivity contribution in [2.24, 2.45) is 11.8 Å². The predicted octanol–water partition coefficient (Wildman–Crippen LogP) is 1.45. The number of unbranched alkanes of at least 4 members (excludes halogenated alkanes) is 3. The van der Waals surface area contributed by atoms with Gasteiger partial charge in [0, 0.05) is 58.1 Å². The van der Waals surface area contributed by atoms with Gasteiger partial charge in [0.15, 0.2) is 0 Å². The van der Waals surface area contributed by atoms with Crippen LogP contribution in [0.15, 0.2) is 54.6 Å². The van der Waals surface area contributed by atoms with E-state index in [2.05, 4.69) is 4.90 Å². The number of amides is 3. The maximum atomic E-state index is 14.4. The van der Waals surface area contributed by atoms with Crippen molar-refractivity contribution in [1.82, 2.24) is 14.7 Å². The predicted molar refractivity (Wildman–Crippen MR) is 157 cm³/mol. The second-order valence-corrected chi connectivity index (χ2v) is 11.9. The number of nitrogens with zero attached hydrogens (tertiary/aromatic N) is 4. The molecule has 1 unspecified atom stereocenters. The molecule has 0 saturated carbocycles. The average Bonchev–Trinajstić information content (AvgIpc) is 3.32. The lowest BCUT2D eigenvalue weighted by Crippen LogP contribution is -2.56. The van der Waals surface area contributed by atoms with Gasteiger partial charge in [0.25, 0.3) is 0 Å². The van der Waals surface area contributed by atoms with E-state index in [9.17, 15) is 19.5 Å². The highest BCUT2D eigenvalue weighted by Gasteiger charge is 2.71. The average molecular weight is 579 g/mol. The molecule has 5 heterocycles. The maximum absolute atomic E-state index is 14.4. The third-order valence-corrected chi connectivity index (χ3v) is 9.41. The van der Waals surface area contributed by atoms with Gasteiger partial charge in [0.05, 0.1) is 31.2 Å². The van der Waals surface area contributed by atoms with E-state index in [1.807, 2.05) is 59.5 Å². The number of fused-ring (bicyclic) bond motifs is 2. The van der Waals surface area contributed by atoms with Crippen LogP contribution in [0.25, 0.3) is 0 Å². The Balaban J connectivity index is 1.30. The smallest absolute Gasteiger partial charge is 0.249 e. The molecule has 1 spiro atoms. The third-order valence-electron chi connectivity index (χ3n) is 9.41. The number of hydrogen-bond acceptors (Lipinski definition) is 7. The van der Waals surface area contributed by atoms with Gasteiger partial charge < -0.3 is 29.3 Å². The van der Waals surface area contributed by atoms with Gasteiger partial charge in [-0.05, 0) is 25.0 Å². The molecule has 0 radical (unpaired) electrons. The van der Waals surface area contributed by atoms with Gasteiger partial charge in [0.1, 0.15) is 11.6 Å². The minimum atomic E-state index is -1.21. The number of ether oxygens (including phenoxy) is 2. The number of aliphatic hydroxyl groups is 1. The van der Waals surface area contributed by atoms with Crippen molar-refractivity contribution in [3.63, 3.8) is 0 Å². The summed E-state index contributed by atoms with van der Waals surface area (Å²) in [5.74, 6) is -1.96. The molecular formula is C32H42N4O6. The molecule has 0 bridgehead atoms. The van der Waals surface area contributed by atoms with Crippen LogP contribution < -0.4 is 4.90 Å². The fraction of sp³-hybridized carbons (Fsp3) is 0.594. The first-order chi connectivity index (χ1) is 20.5. The first-order valence-electron chi connectivity index (χ1n) is 15.4. The largest absolute Gasteiger partial charge is 0.396 e. The molecular weight excluding hydrogens is 536 g/mol. The van der Waals surface area contributed by atoms with Crippen molar-refractivity contribution in [3.05, 3.63) is 54.6 Å². The summed E-state index contributed by atoms with van der Waals surface area (Å²) in [6, 6.07) is 8.68. The van der Waals surface area contributed by atoms with E-state index in [-0.39, 0.29) is 24.3 Å². The van der Waals surface area contributed by atoms with Gasteiger partial charge in [0.2, 0.25) is 17.7 Å². The molecule has 5 aliphatic rings. The van der Waals surface area contributed by atoms with E-state index in [0.29, 0.717) is 52.2 Å². The number of carbonyl (C=O) groups excluding carboxylic acids is 3. The van der Waals surface area contributed by atoms with E-state index < -0.39 is 29.6 Å². The Morgan fingerprint density at radius 3 is 2.43 bits per heavy atom. The molecule has 1 aromatic rings. The Morgan fingerprint density at radius 2 is 1.64 bits per heavy atom. The molecule has 42 heavy (non-hydrogen) atoms. The molecule has 3 fully saturated rings. The van der Waals surface area contributed by atoms with Crippen LogP contribution >= 0.6 is 0 Å². The second kappa shape index (κ2) is 12.7. The summed E-state index contributed by atoms with van der Waals surface area (Å²) in [6.07, 6.45) is 10.2. The van der Waals surface area contributed by atoms with Gasteiger partial charge in [-0.3, -0.25) is 19.3 Å². The van der Waals surface area contributed by atoms with Crippen molar-refractivity contribution in [2.75, 3.05) is 70.5 Å². The second-order valence-electron chi connectivity index (χ2n) is 11.9. The van der Waals surface area contributed by atoms with Crippen LogP contribution in [0.2, 0.25) is 0 Å². The topological polar surface area (TPSA) is 103 Å². The van der Waals surface area contributed by atoms with Gasteiger partial charge in [-0.25, -0.2) is 0 Å². The first kappa shape index (κ1) is 29.0. The molecule has 1 aromatic carbocycles. The highest BCUT2D eigenvalue weighted by molar-refractivity contribution is 6.03. The van der Waals surface area contributed by atoms with Gasteiger partial charge in [-0.1, -0.05) is 55.3 Å². The summed E-state index contributed by atoms with van der Waals surface area (Å²) in [7, 11) is 0. The monoisotopic (exact) mass is 578 g/mol. The number of hydrogen-bond donors (Lipinski definition) is 1. The maximum Gasteiger partial charge on any atom is 0.249 e. The Labute approximate surface area is 247 Å². The molecule has 226 valence electrons. The summed E-state index contributed by atoms with van der Waals surface area (Å²) >= 11 is 0. The van der Waals surface area contributed by atoms with Gasteiger partial charge in [-0.2, -0.15) is 0 Å². The zero-order valence-electron chi connectivity index (χ0n) is 24.2. The quantitative estimate of drug-likeness (QED) is 0.331. The molecule has 5 aliphatic heterocycles. The summed E-state index contributed by atoms with van der Waals surface area (Å²) in [5, 5.41) is 9.19. The van der Waals surface area contributed by atoms with Crippen molar-refractivity contribution >= 4 is 23.4 Å². The van der Waals surface area contributed by atoms with E-state index in [4.69, 9.17) is 9.47 Å². The zero-order chi connectivity index (χ0) is 29.1. The molecule has 10 nitrogen and oxygen atoms in total. The molecule has 3 amide bonds. The molecule has 6 rings (SSSR count). The number of aliphatic hydroxyl groups excluding tert-OH is 1. The SMILES string of the molecule is O=C1C2N(CCCCCCO)C(=O)[C@@H]3[C@@H]4C(=O)N(c5ccccc5)CC=C[C@@H]4O[C@]23C=CCN1CCN1CCOCC1. The van der Waals surface area contributed by atoms with Crippen LogP contribution in [0.1, 0.15) is 25.7 Å². The Morgan fingerprint density at radius 1 is 0.857 bits per heavy atom. The van der Waals surface area contributed by atoms with Crippen molar-refractivity contribution in [2.45, 2.75) is 43.4 Å². The van der Waals surface area contributed by atoms with Crippen molar-refractivity contribution < 1.29 is 29.0 Å². The number of carbonyl (C=O) groups is 3. The first-order valence-corrected chi connectivity index (χ1v) is 15.4. The summed E-state index contributed by atoms with van der Waals surface area (Å²) < 4.78 is 12.2. The van der Waals surface area contributed by atoms with Gasteiger partial charge >= 0.3 is 0 Å². The van der Waals surface area contributed by atoms with Crippen LogP contribution in [0.4, 0.5) is 5.69 Å². The van der Waals surface area contributed by atoms with Crippen LogP contribution in [0, 0.1) is 11.8 Å². The third kappa shape index (κ3) is 5.30. The summed E-state index contributed by atoms with van der Waals surface area (Å²) in [6.45, 7) is 5.73. The van der Waals surface area contributed by atoms with Crippen molar-refractivity contribution in [3.8, 4) is 0 Å². The fourth-order valence-electron chi connectivity index (χ4n) is 7.30. The molecule has 1 N–H and O–H groups in total. The number of likely N-dealkylation sites (tertiary alicyclic amines) is 1. The van der Waals surface area contributed by atoms with Crippen LogP contribution in [-0.4, -0.2) is 121 Å². The minimum Gasteiger partial charge on any atom is -0.396 e. The van der Waals surface area contributed by atoms with Crippen molar-refractivity contribution in [1.29, 1.82) is 0 Å². The molecule has 0 aliphatic carbocycles. The van der Waals surface area contributed by atoms with Crippen LogP contribution in [-0.2, 0) is 23.9 Å². The number of para-hydroxylation sites is 1. The Hall–Kier alpha value is -3.05. The number of morpholine rings is 1. The Kier molecular flexibility index (Phi) is 8.76. The Bertz CT molecular complexity index is 1200. The fourth-order valence-corrected chi connectivity index (χ4v) is 7.30. The zero-order valence-corrected chi connectivity index (χ0v) is 24.2. The molecule has 3 saturated heterocycles.